The van der Waals surface area contributed by atoms with Gasteiger partial charge in [-0.15, -0.1) is 0 Å². The summed E-state index contributed by atoms with van der Waals surface area (Å²) in [5, 5.41) is 0. The summed E-state index contributed by atoms with van der Waals surface area (Å²) in [7, 11) is 0. The van der Waals surface area contributed by atoms with Crippen molar-refractivity contribution in [1.29, 1.82) is 0 Å². The molecule has 1 heteroatoms. The third-order valence-electron chi connectivity index (χ3n) is 2.80. The summed E-state index contributed by atoms with van der Waals surface area (Å²) in [6, 6.07) is 8.95. The van der Waals surface area contributed by atoms with Crippen molar-refractivity contribution in [2.24, 2.45) is 0 Å². The summed E-state index contributed by atoms with van der Waals surface area (Å²) in [5.74, 6) is 0. The number of rotatable bonds is 1. The monoisotopic (exact) mass is 199 g/mol. The number of fused-ring (bicyclic) bond motifs is 1. The highest BCUT2D eigenvalue weighted by molar-refractivity contribution is 5.83. The number of para-hydroxylation sites is 1. The van der Waals surface area contributed by atoms with Crippen molar-refractivity contribution in [2.75, 3.05) is 4.90 Å². The van der Waals surface area contributed by atoms with Crippen molar-refractivity contribution in [3.63, 3.8) is 0 Å². The lowest BCUT2D eigenvalue weighted by atomic mass is 9.98. The van der Waals surface area contributed by atoms with Crippen LogP contribution in [0.25, 0.3) is 5.57 Å². The summed E-state index contributed by atoms with van der Waals surface area (Å²) in [5.41, 5.74) is 4.98. The Hall–Kier alpha value is -1.50. The van der Waals surface area contributed by atoms with Crippen molar-refractivity contribution >= 4 is 11.3 Å². The molecule has 0 aromatic heterocycles. The second-order valence-corrected chi connectivity index (χ2v) is 4.30. The molecule has 0 amide bonds. The highest BCUT2D eigenvalue weighted by Gasteiger charge is 2.20. The van der Waals surface area contributed by atoms with Gasteiger partial charge < -0.3 is 4.90 Å². The van der Waals surface area contributed by atoms with Crippen LogP contribution in [-0.4, -0.2) is 6.04 Å². The van der Waals surface area contributed by atoms with E-state index in [1.807, 2.05) is 0 Å². The van der Waals surface area contributed by atoms with Gasteiger partial charge >= 0.3 is 0 Å². The van der Waals surface area contributed by atoms with E-state index in [4.69, 9.17) is 0 Å². The Balaban J connectivity index is 2.60. The zero-order valence-electron chi connectivity index (χ0n) is 9.62. The van der Waals surface area contributed by atoms with Crippen LogP contribution >= 0.6 is 0 Å². The van der Waals surface area contributed by atoms with Gasteiger partial charge in [0.15, 0.2) is 0 Å². The number of allylic oxidation sites excluding steroid dienone is 2. The summed E-state index contributed by atoms with van der Waals surface area (Å²) in [6.45, 7) is 10.6. The highest BCUT2D eigenvalue weighted by atomic mass is 15.2. The lowest BCUT2D eigenvalue weighted by Crippen LogP contribution is -2.31. The smallest absolute Gasteiger partial charge is 0.0489 e. The Labute approximate surface area is 91.7 Å². The predicted octanol–water partition coefficient (Wildman–Crippen LogP) is 3.83. The SMILES string of the molecule is C=C1C=C(C)c2ccccc2N1C(C)C. The molecular formula is C14H17N. The molecule has 0 saturated carbocycles. The Morgan fingerprint density at radius 3 is 2.53 bits per heavy atom. The first-order chi connectivity index (χ1) is 7.11. The molecule has 1 aliphatic rings. The topological polar surface area (TPSA) is 3.24 Å². The Bertz CT molecular complexity index is 427. The molecule has 0 atom stereocenters. The van der Waals surface area contributed by atoms with Crippen LogP contribution in [0.3, 0.4) is 0 Å². The van der Waals surface area contributed by atoms with Gasteiger partial charge in [0.1, 0.15) is 0 Å². The van der Waals surface area contributed by atoms with Crippen LogP contribution < -0.4 is 4.90 Å². The molecule has 0 unspecified atom stereocenters. The fourth-order valence-electron chi connectivity index (χ4n) is 2.18. The van der Waals surface area contributed by atoms with E-state index in [9.17, 15) is 0 Å². The first kappa shape index (κ1) is 10.0. The average molecular weight is 199 g/mol. The lowest BCUT2D eigenvalue weighted by Gasteiger charge is -2.34. The van der Waals surface area contributed by atoms with Crippen molar-refractivity contribution < 1.29 is 0 Å². The van der Waals surface area contributed by atoms with E-state index >= 15 is 0 Å². The van der Waals surface area contributed by atoms with Gasteiger partial charge in [-0.2, -0.15) is 0 Å². The average Bonchev–Trinajstić information content (AvgIpc) is 2.17. The van der Waals surface area contributed by atoms with Crippen LogP contribution in [0.4, 0.5) is 5.69 Å². The van der Waals surface area contributed by atoms with Crippen LogP contribution in [0.5, 0.6) is 0 Å². The van der Waals surface area contributed by atoms with E-state index in [0.29, 0.717) is 6.04 Å². The molecule has 0 saturated heterocycles. The summed E-state index contributed by atoms with van der Waals surface area (Å²) in [4.78, 5) is 2.28. The molecule has 1 aromatic rings. The number of nitrogens with zero attached hydrogens (tertiary/aromatic N) is 1. The van der Waals surface area contributed by atoms with E-state index < -0.39 is 0 Å². The van der Waals surface area contributed by atoms with E-state index in [0.717, 1.165) is 5.70 Å². The molecular weight excluding hydrogens is 182 g/mol. The van der Waals surface area contributed by atoms with Gasteiger partial charge in [-0.1, -0.05) is 24.8 Å². The second-order valence-electron chi connectivity index (χ2n) is 4.30. The normalized spacial score (nSPS) is 15.3. The molecule has 0 fully saturated rings. The number of anilines is 1. The van der Waals surface area contributed by atoms with Crippen molar-refractivity contribution in [3.8, 4) is 0 Å². The number of hydrogen-bond acceptors (Lipinski definition) is 1. The van der Waals surface area contributed by atoms with E-state index in [2.05, 4.69) is 62.6 Å². The second kappa shape index (κ2) is 3.58. The minimum absolute atomic E-state index is 0.447. The third-order valence-corrected chi connectivity index (χ3v) is 2.80. The van der Waals surface area contributed by atoms with E-state index in [1.54, 1.807) is 0 Å². The van der Waals surface area contributed by atoms with Crippen LogP contribution in [0.2, 0.25) is 0 Å². The quantitative estimate of drug-likeness (QED) is 0.664. The van der Waals surface area contributed by atoms with Crippen LogP contribution in [0.1, 0.15) is 26.3 Å². The molecule has 0 bridgehead atoms. The Morgan fingerprint density at radius 2 is 1.87 bits per heavy atom. The molecule has 1 heterocycles. The van der Waals surface area contributed by atoms with Crippen molar-refractivity contribution in [2.45, 2.75) is 26.8 Å². The maximum Gasteiger partial charge on any atom is 0.0489 e. The molecule has 78 valence electrons. The molecule has 1 nitrogen and oxygen atoms in total. The summed E-state index contributed by atoms with van der Waals surface area (Å²) < 4.78 is 0. The Morgan fingerprint density at radius 1 is 1.20 bits per heavy atom. The molecule has 2 rings (SSSR count). The van der Waals surface area contributed by atoms with E-state index in [-0.39, 0.29) is 0 Å². The molecule has 1 aromatic carbocycles. The van der Waals surface area contributed by atoms with E-state index in [1.165, 1.54) is 16.8 Å². The summed E-state index contributed by atoms with van der Waals surface area (Å²) >= 11 is 0. The minimum Gasteiger partial charge on any atom is -0.339 e. The van der Waals surface area contributed by atoms with Crippen molar-refractivity contribution in [3.05, 3.63) is 48.2 Å². The molecule has 0 spiro atoms. The standard InChI is InChI=1S/C14H17N/c1-10(2)15-12(4)9-11(3)13-7-5-6-8-14(13)15/h5-10H,4H2,1-3H3. The third kappa shape index (κ3) is 1.58. The zero-order valence-corrected chi connectivity index (χ0v) is 9.62. The van der Waals surface area contributed by atoms with Crippen LogP contribution in [0, 0.1) is 0 Å². The first-order valence-corrected chi connectivity index (χ1v) is 5.37. The lowest BCUT2D eigenvalue weighted by molar-refractivity contribution is 0.762. The fourth-order valence-corrected chi connectivity index (χ4v) is 2.18. The zero-order chi connectivity index (χ0) is 11.0. The van der Waals surface area contributed by atoms with Gasteiger partial charge in [0.25, 0.3) is 0 Å². The molecule has 0 N–H and O–H groups in total. The Kier molecular flexibility index (Phi) is 2.39. The molecule has 15 heavy (non-hydrogen) atoms. The summed E-state index contributed by atoms with van der Waals surface area (Å²) in [6.07, 6.45) is 2.16. The van der Waals surface area contributed by atoms with Gasteiger partial charge in [0.05, 0.1) is 0 Å². The number of hydrogen-bond donors (Lipinski definition) is 0. The van der Waals surface area contributed by atoms with Gasteiger partial charge in [0, 0.05) is 23.0 Å². The molecule has 1 aliphatic heterocycles. The molecule has 0 radical (unpaired) electrons. The van der Waals surface area contributed by atoms with Gasteiger partial charge in [0.2, 0.25) is 0 Å². The van der Waals surface area contributed by atoms with Crippen LogP contribution in [-0.2, 0) is 0 Å². The first-order valence-electron chi connectivity index (χ1n) is 5.37. The largest absolute Gasteiger partial charge is 0.339 e. The number of benzene rings is 1. The maximum absolute atomic E-state index is 4.12. The van der Waals surface area contributed by atoms with Crippen LogP contribution in [0.15, 0.2) is 42.6 Å². The highest BCUT2D eigenvalue weighted by Crippen LogP contribution is 2.35. The van der Waals surface area contributed by atoms with Gasteiger partial charge in [-0.05, 0) is 38.5 Å². The minimum atomic E-state index is 0.447. The molecule has 0 aliphatic carbocycles. The fraction of sp³-hybridized carbons (Fsp3) is 0.286. The predicted molar refractivity (Wildman–Crippen MR) is 66.8 cm³/mol. The van der Waals surface area contributed by atoms with Crippen molar-refractivity contribution in [1.82, 2.24) is 0 Å². The van der Waals surface area contributed by atoms with Gasteiger partial charge in [-0.3, -0.25) is 0 Å². The van der Waals surface area contributed by atoms with Gasteiger partial charge in [-0.25, -0.2) is 0 Å². The maximum atomic E-state index is 4.12.